The average molecular weight is 383 g/mol. The molecule has 7 nitrogen and oxygen atoms in total. The fourth-order valence-corrected chi connectivity index (χ4v) is 2.27. The Morgan fingerprint density at radius 3 is 2.71 bits per heavy atom. The highest BCUT2D eigenvalue weighted by atomic mass is 79.9. The van der Waals surface area contributed by atoms with Gasteiger partial charge in [0.1, 0.15) is 0 Å². The number of hydrogen-bond donors (Lipinski definition) is 0. The maximum atomic E-state index is 10.5. The van der Waals surface area contributed by atoms with E-state index in [1.165, 1.54) is 10.9 Å². The lowest BCUT2D eigenvalue weighted by Crippen LogP contribution is -2.01. The Balaban J connectivity index is 2.56. The summed E-state index contributed by atoms with van der Waals surface area (Å²) < 4.78 is 1.92. The largest absolute Gasteiger partial charge is 0.492 e. The van der Waals surface area contributed by atoms with Gasteiger partial charge < -0.3 is 10.1 Å². The molecular formula is C7H2Br2ClN5O2. The van der Waals surface area contributed by atoms with Crippen molar-refractivity contribution in [3.8, 4) is 5.82 Å². The molecule has 0 saturated heterocycles. The molecule has 17 heavy (non-hydrogen) atoms. The predicted octanol–water partition coefficient (Wildman–Crippen LogP) is 2.75. The van der Waals surface area contributed by atoms with Crippen molar-refractivity contribution < 1.29 is 4.92 Å². The van der Waals surface area contributed by atoms with Crippen molar-refractivity contribution in [1.82, 2.24) is 19.7 Å². The molecule has 2 aromatic heterocycles. The van der Waals surface area contributed by atoms with Crippen LogP contribution in [-0.2, 0) is 0 Å². The van der Waals surface area contributed by atoms with Gasteiger partial charge in [0.15, 0.2) is 5.82 Å². The van der Waals surface area contributed by atoms with Crippen LogP contribution in [0.5, 0.6) is 0 Å². The normalized spacial score (nSPS) is 10.5. The minimum atomic E-state index is -0.689. The van der Waals surface area contributed by atoms with Gasteiger partial charge in [-0.15, -0.1) is 4.68 Å². The number of hydrogen-bond acceptors (Lipinski definition) is 5. The molecule has 0 saturated carbocycles. The van der Waals surface area contributed by atoms with Crippen molar-refractivity contribution in [2.45, 2.75) is 0 Å². The molecule has 0 aliphatic heterocycles. The van der Waals surface area contributed by atoms with Crippen LogP contribution in [0.15, 0.2) is 21.5 Å². The van der Waals surface area contributed by atoms with E-state index in [2.05, 4.69) is 46.9 Å². The molecule has 0 spiro atoms. The number of nitrogens with zero attached hydrogens (tertiary/aromatic N) is 5. The fraction of sp³-hybridized carbons (Fsp3) is 0. The lowest BCUT2D eigenvalue weighted by Gasteiger charge is -2.00. The van der Waals surface area contributed by atoms with Crippen LogP contribution in [0.2, 0.25) is 5.02 Å². The van der Waals surface area contributed by atoms with Crippen molar-refractivity contribution in [1.29, 1.82) is 0 Å². The summed E-state index contributed by atoms with van der Waals surface area (Å²) in [6.07, 6.45) is 1.40. The van der Waals surface area contributed by atoms with Gasteiger partial charge in [0.05, 0.1) is 9.50 Å². The maximum absolute atomic E-state index is 10.5. The van der Waals surface area contributed by atoms with Crippen molar-refractivity contribution >= 4 is 49.4 Å². The molecule has 0 amide bonds. The Hall–Kier alpha value is -1.06. The molecule has 0 unspecified atom stereocenters. The van der Waals surface area contributed by atoms with Crippen LogP contribution >= 0.6 is 43.5 Å². The van der Waals surface area contributed by atoms with Crippen molar-refractivity contribution in [2.24, 2.45) is 0 Å². The number of halogens is 3. The Labute approximate surface area is 116 Å². The highest BCUT2D eigenvalue weighted by Gasteiger charge is 2.22. The van der Waals surface area contributed by atoms with Gasteiger partial charge in [0.2, 0.25) is 0 Å². The molecule has 0 atom stereocenters. The van der Waals surface area contributed by atoms with Gasteiger partial charge in [-0.25, -0.2) is 4.98 Å². The van der Waals surface area contributed by atoms with E-state index in [0.29, 0.717) is 15.3 Å². The summed E-state index contributed by atoms with van der Waals surface area (Å²) in [7, 11) is 0. The van der Waals surface area contributed by atoms with Crippen LogP contribution < -0.4 is 0 Å². The zero-order valence-electron chi connectivity index (χ0n) is 7.84. The fourth-order valence-electron chi connectivity index (χ4n) is 1.06. The van der Waals surface area contributed by atoms with E-state index >= 15 is 0 Å². The molecular weight excluding hydrogens is 381 g/mol. The van der Waals surface area contributed by atoms with E-state index in [1.807, 2.05) is 0 Å². The second-order valence-corrected chi connectivity index (χ2v) is 4.81. The van der Waals surface area contributed by atoms with Crippen molar-refractivity contribution in [3.05, 3.63) is 36.6 Å². The molecule has 0 aliphatic rings. The van der Waals surface area contributed by atoms with E-state index in [4.69, 9.17) is 11.6 Å². The van der Waals surface area contributed by atoms with Crippen molar-refractivity contribution in [2.75, 3.05) is 0 Å². The summed E-state index contributed by atoms with van der Waals surface area (Å²) >= 11 is 12.0. The molecule has 0 N–H and O–H groups in total. The van der Waals surface area contributed by atoms with E-state index in [-0.39, 0.29) is 4.73 Å². The monoisotopic (exact) mass is 381 g/mol. The highest BCUT2D eigenvalue weighted by Crippen LogP contribution is 2.25. The third kappa shape index (κ3) is 2.45. The van der Waals surface area contributed by atoms with E-state index in [1.54, 1.807) is 6.07 Å². The van der Waals surface area contributed by atoms with Crippen LogP contribution in [0.3, 0.4) is 0 Å². The number of nitro groups is 1. The van der Waals surface area contributed by atoms with Gasteiger partial charge in [-0.2, -0.15) is 0 Å². The van der Waals surface area contributed by atoms with Gasteiger partial charge in [-0.1, -0.05) is 11.6 Å². The Morgan fingerprint density at radius 1 is 1.47 bits per heavy atom. The van der Waals surface area contributed by atoms with Gasteiger partial charge >= 0.3 is 5.95 Å². The predicted molar refractivity (Wildman–Crippen MR) is 66.2 cm³/mol. The summed E-state index contributed by atoms with van der Waals surface area (Å²) in [5.74, 6) is -0.164. The van der Waals surface area contributed by atoms with E-state index in [0.717, 1.165) is 0 Å². The van der Waals surface area contributed by atoms with Crippen LogP contribution in [0.1, 0.15) is 0 Å². The van der Waals surface area contributed by atoms with E-state index < -0.39 is 10.9 Å². The van der Waals surface area contributed by atoms with Gasteiger partial charge in [-0.05, 0) is 31.9 Å². The first-order valence-electron chi connectivity index (χ1n) is 4.07. The summed E-state index contributed by atoms with van der Waals surface area (Å²) in [6.45, 7) is 0. The Bertz CT molecular complexity index is 602. The second-order valence-electron chi connectivity index (χ2n) is 2.81. The highest BCUT2D eigenvalue weighted by molar-refractivity contribution is 9.10. The Morgan fingerprint density at radius 2 is 2.18 bits per heavy atom. The summed E-state index contributed by atoms with van der Waals surface area (Å²) in [6, 6.07) is 1.60. The minimum Gasteiger partial charge on any atom is -0.390 e. The molecule has 88 valence electrons. The number of pyridine rings is 1. The molecule has 0 aromatic carbocycles. The third-order valence-corrected chi connectivity index (χ3v) is 3.01. The topological polar surface area (TPSA) is 86.7 Å². The quantitative estimate of drug-likeness (QED) is 0.588. The first-order chi connectivity index (χ1) is 7.99. The lowest BCUT2D eigenvalue weighted by atomic mass is 10.5. The van der Waals surface area contributed by atoms with Crippen LogP contribution in [0.4, 0.5) is 5.95 Å². The zero-order chi connectivity index (χ0) is 12.6. The first-order valence-corrected chi connectivity index (χ1v) is 6.04. The Kier molecular flexibility index (Phi) is 3.40. The number of aromatic nitrogens is 4. The SMILES string of the molecule is O=[N+]([O-])c1nc(Br)n(-c2ncc(Cl)cc2Br)n1. The molecule has 2 heterocycles. The van der Waals surface area contributed by atoms with Crippen LogP contribution in [-0.4, -0.2) is 24.7 Å². The molecule has 0 bridgehead atoms. The molecule has 0 fully saturated rings. The van der Waals surface area contributed by atoms with Gasteiger partial charge in [-0.3, -0.25) is 0 Å². The number of rotatable bonds is 2. The summed E-state index contributed by atoms with van der Waals surface area (Å²) in [5, 5.41) is 14.7. The lowest BCUT2D eigenvalue weighted by molar-refractivity contribution is -0.394. The smallest absolute Gasteiger partial charge is 0.390 e. The van der Waals surface area contributed by atoms with Gasteiger partial charge in [0, 0.05) is 27.2 Å². The third-order valence-electron chi connectivity index (χ3n) is 1.71. The molecule has 2 rings (SSSR count). The summed E-state index contributed by atoms with van der Waals surface area (Å²) in [4.78, 5) is 17.5. The molecule has 0 aliphatic carbocycles. The van der Waals surface area contributed by atoms with Crippen LogP contribution in [0, 0.1) is 10.1 Å². The van der Waals surface area contributed by atoms with E-state index in [9.17, 15) is 10.1 Å². The first kappa shape index (κ1) is 12.4. The molecule has 2 aromatic rings. The standard InChI is InChI=1S/C7H2Br2ClN5O2/c8-4-1-3(10)2-11-5(4)14-6(9)12-7(13-14)15(16)17/h1-2H. The van der Waals surface area contributed by atoms with Crippen molar-refractivity contribution in [3.63, 3.8) is 0 Å². The molecule has 0 radical (unpaired) electrons. The molecule has 10 heteroatoms. The second kappa shape index (κ2) is 4.67. The summed E-state index contributed by atoms with van der Waals surface area (Å²) in [5.41, 5.74) is 0. The average Bonchev–Trinajstić information content (AvgIpc) is 2.61. The zero-order valence-corrected chi connectivity index (χ0v) is 11.8. The van der Waals surface area contributed by atoms with Crippen LogP contribution in [0.25, 0.3) is 5.82 Å². The minimum absolute atomic E-state index is 0.180. The van der Waals surface area contributed by atoms with Gasteiger partial charge in [0.25, 0.3) is 4.73 Å². The maximum Gasteiger partial charge on any atom is 0.492 e.